The zero-order chi connectivity index (χ0) is 22.4. The Bertz CT molecular complexity index is 1170. The maximum atomic E-state index is 12.8. The van der Waals surface area contributed by atoms with Crippen molar-refractivity contribution in [3.05, 3.63) is 64.2 Å². The molecule has 0 spiro atoms. The number of carbonyl (C=O) groups is 1. The number of likely N-dealkylation sites (N-methyl/N-ethyl adjacent to an activating group) is 1. The summed E-state index contributed by atoms with van der Waals surface area (Å²) in [6.45, 7) is 2.46. The number of benzene rings is 2. The van der Waals surface area contributed by atoms with Crippen molar-refractivity contribution < 1.29 is 13.2 Å². The molecule has 0 fully saturated rings. The first-order valence-electron chi connectivity index (χ1n) is 9.62. The highest BCUT2D eigenvalue weighted by Gasteiger charge is 2.25. The number of nitrogens with one attached hydrogen (secondary N) is 2. The molecule has 7 nitrogen and oxygen atoms in total. The number of pyridine rings is 1. The van der Waals surface area contributed by atoms with E-state index in [1.807, 2.05) is 12.1 Å². The topological polar surface area (TPSA) is 91.4 Å². The van der Waals surface area contributed by atoms with Crippen molar-refractivity contribution in [3.63, 3.8) is 0 Å². The van der Waals surface area contributed by atoms with Crippen LogP contribution < -0.4 is 10.6 Å². The van der Waals surface area contributed by atoms with Crippen LogP contribution in [0.15, 0.2) is 64.1 Å². The molecule has 2 aromatic carbocycles. The van der Waals surface area contributed by atoms with Crippen LogP contribution in [0.25, 0.3) is 10.9 Å². The molecule has 0 radical (unpaired) electrons. The molecule has 0 bridgehead atoms. The van der Waals surface area contributed by atoms with Crippen molar-refractivity contribution >= 4 is 60.1 Å². The summed E-state index contributed by atoms with van der Waals surface area (Å²) >= 11 is 9.29. The lowest BCUT2D eigenvalue weighted by molar-refractivity contribution is -0.121. The molecule has 31 heavy (non-hydrogen) atoms. The van der Waals surface area contributed by atoms with Gasteiger partial charge in [0.1, 0.15) is 0 Å². The molecule has 0 atom stereocenters. The van der Waals surface area contributed by atoms with Gasteiger partial charge in [-0.1, -0.05) is 34.5 Å². The van der Waals surface area contributed by atoms with Gasteiger partial charge in [0.2, 0.25) is 15.9 Å². The summed E-state index contributed by atoms with van der Waals surface area (Å²) in [6, 6.07) is 13.6. The standard InChI is InChI=1S/C21H22BrClN4O3S/c1-2-27(31(29,30)17-6-3-15(22)4-7-17)14-21(28)26-12-11-25-19-9-10-24-20-13-16(23)5-8-18(19)20/h3-10,13H,2,11-12,14H2,1H3,(H,24,25)(H,26,28). The number of aromatic nitrogens is 1. The third-order valence-electron chi connectivity index (χ3n) is 4.59. The maximum absolute atomic E-state index is 12.8. The average molecular weight is 526 g/mol. The number of nitrogens with zero attached hydrogens (tertiary/aromatic N) is 2. The van der Waals surface area contributed by atoms with Gasteiger partial charge in [-0.3, -0.25) is 9.78 Å². The van der Waals surface area contributed by atoms with E-state index in [4.69, 9.17) is 11.6 Å². The lowest BCUT2D eigenvalue weighted by Crippen LogP contribution is -2.41. The van der Waals surface area contributed by atoms with E-state index in [9.17, 15) is 13.2 Å². The van der Waals surface area contributed by atoms with E-state index in [-0.39, 0.29) is 23.9 Å². The fourth-order valence-corrected chi connectivity index (χ4v) is 4.85. The summed E-state index contributed by atoms with van der Waals surface area (Å²) in [5.41, 5.74) is 1.65. The van der Waals surface area contributed by atoms with Crippen LogP contribution in [0.1, 0.15) is 6.92 Å². The van der Waals surface area contributed by atoms with Gasteiger partial charge in [-0.05, 0) is 48.5 Å². The second-order valence-corrected chi connectivity index (χ2v) is 9.97. The average Bonchev–Trinajstić information content (AvgIpc) is 2.75. The number of carbonyl (C=O) groups excluding carboxylic acids is 1. The van der Waals surface area contributed by atoms with E-state index in [1.165, 1.54) is 12.1 Å². The van der Waals surface area contributed by atoms with E-state index in [2.05, 4.69) is 31.5 Å². The normalized spacial score (nSPS) is 11.6. The highest BCUT2D eigenvalue weighted by Crippen LogP contribution is 2.24. The van der Waals surface area contributed by atoms with Gasteiger partial charge in [-0.2, -0.15) is 4.31 Å². The number of rotatable bonds is 9. The fourth-order valence-electron chi connectivity index (χ4n) is 3.01. The summed E-state index contributed by atoms with van der Waals surface area (Å²) in [7, 11) is -3.75. The third-order valence-corrected chi connectivity index (χ3v) is 7.29. The van der Waals surface area contributed by atoms with Crippen molar-refractivity contribution in [2.75, 3.05) is 31.5 Å². The molecule has 3 aromatic rings. The minimum Gasteiger partial charge on any atom is -0.383 e. The largest absolute Gasteiger partial charge is 0.383 e. The first kappa shape index (κ1) is 23.5. The Labute approximate surface area is 195 Å². The predicted octanol–water partition coefficient (Wildman–Crippen LogP) is 3.89. The molecule has 2 N–H and O–H groups in total. The fraction of sp³-hybridized carbons (Fsp3) is 0.238. The van der Waals surface area contributed by atoms with E-state index >= 15 is 0 Å². The number of hydrogen-bond acceptors (Lipinski definition) is 5. The molecular weight excluding hydrogens is 504 g/mol. The summed E-state index contributed by atoms with van der Waals surface area (Å²) in [5, 5.41) is 7.55. The van der Waals surface area contributed by atoms with Crippen molar-refractivity contribution in [1.82, 2.24) is 14.6 Å². The highest BCUT2D eigenvalue weighted by molar-refractivity contribution is 9.10. The smallest absolute Gasteiger partial charge is 0.243 e. The second-order valence-electron chi connectivity index (χ2n) is 6.68. The molecule has 3 rings (SSSR count). The van der Waals surface area contributed by atoms with Gasteiger partial charge in [0.05, 0.1) is 17.0 Å². The number of sulfonamides is 1. The lowest BCUT2D eigenvalue weighted by atomic mass is 10.2. The summed E-state index contributed by atoms with van der Waals surface area (Å²) in [6.07, 6.45) is 1.69. The van der Waals surface area contributed by atoms with Crippen molar-refractivity contribution in [2.45, 2.75) is 11.8 Å². The molecule has 1 aromatic heterocycles. The predicted molar refractivity (Wildman–Crippen MR) is 127 cm³/mol. The van der Waals surface area contributed by atoms with Crippen molar-refractivity contribution in [3.8, 4) is 0 Å². The molecule has 10 heteroatoms. The SMILES string of the molecule is CCN(CC(=O)NCCNc1ccnc2cc(Cl)ccc12)S(=O)(=O)c1ccc(Br)cc1. The van der Waals surface area contributed by atoms with Crippen LogP contribution in [0, 0.1) is 0 Å². The molecule has 1 heterocycles. The highest BCUT2D eigenvalue weighted by atomic mass is 79.9. The van der Waals surface area contributed by atoms with Crippen LogP contribution in [-0.4, -0.2) is 49.8 Å². The van der Waals surface area contributed by atoms with Crippen LogP contribution in [0.5, 0.6) is 0 Å². The van der Waals surface area contributed by atoms with Crippen LogP contribution in [0.2, 0.25) is 5.02 Å². The van der Waals surface area contributed by atoms with Crippen LogP contribution in [0.4, 0.5) is 5.69 Å². The maximum Gasteiger partial charge on any atom is 0.243 e. The number of hydrogen-bond donors (Lipinski definition) is 2. The van der Waals surface area contributed by atoms with Gasteiger partial charge in [0.25, 0.3) is 0 Å². The molecule has 0 unspecified atom stereocenters. The minimum atomic E-state index is -3.75. The molecule has 1 amide bonds. The first-order chi connectivity index (χ1) is 14.8. The van der Waals surface area contributed by atoms with Crippen LogP contribution in [-0.2, 0) is 14.8 Å². The van der Waals surface area contributed by atoms with E-state index in [0.717, 1.165) is 25.4 Å². The quantitative estimate of drug-likeness (QED) is 0.414. The summed E-state index contributed by atoms with van der Waals surface area (Å²) in [4.78, 5) is 16.8. The van der Waals surface area contributed by atoms with Gasteiger partial charge < -0.3 is 10.6 Å². The Morgan fingerprint density at radius 3 is 2.58 bits per heavy atom. The van der Waals surface area contributed by atoms with E-state index < -0.39 is 10.0 Å². The van der Waals surface area contributed by atoms with Crippen LogP contribution >= 0.6 is 27.5 Å². The van der Waals surface area contributed by atoms with Crippen LogP contribution in [0.3, 0.4) is 0 Å². The Hall–Kier alpha value is -2.20. The number of anilines is 1. The van der Waals surface area contributed by atoms with Crippen molar-refractivity contribution in [2.24, 2.45) is 0 Å². The molecular formula is C21H22BrClN4O3S. The molecule has 0 saturated heterocycles. The Balaban J connectivity index is 1.54. The molecule has 0 aliphatic rings. The van der Waals surface area contributed by atoms with Gasteiger partial charge in [-0.15, -0.1) is 0 Å². The zero-order valence-electron chi connectivity index (χ0n) is 16.8. The number of amides is 1. The van der Waals surface area contributed by atoms with Gasteiger partial charge in [0, 0.05) is 46.4 Å². The Morgan fingerprint density at radius 1 is 1.13 bits per heavy atom. The summed E-state index contributed by atoms with van der Waals surface area (Å²) in [5.74, 6) is -0.365. The molecule has 0 aliphatic heterocycles. The number of fused-ring (bicyclic) bond motifs is 1. The van der Waals surface area contributed by atoms with Gasteiger partial charge in [-0.25, -0.2) is 8.42 Å². The first-order valence-corrected chi connectivity index (χ1v) is 12.2. The van der Waals surface area contributed by atoms with Gasteiger partial charge >= 0.3 is 0 Å². The Morgan fingerprint density at radius 2 is 1.87 bits per heavy atom. The Kier molecular flexibility index (Phi) is 7.88. The zero-order valence-corrected chi connectivity index (χ0v) is 20.0. The minimum absolute atomic E-state index is 0.150. The number of halogens is 2. The van der Waals surface area contributed by atoms with Crippen molar-refractivity contribution in [1.29, 1.82) is 0 Å². The monoisotopic (exact) mass is 524 g/mol. The lowest BCUT2D eigenvalue weighted by Gasteiger charge is -2.20. The van der Waals surface area contributed by atoms with E-state index in [1.54, 1.807) is 37.4 Å². The van der Waals surface area contributed by atoms with E-state index in [0.29, 0.717) is 18.1 Å². The third kappa shape index (κ3) is 5.94. The van der Waals surface area contributed by atoms with Gasteiger partial charge in [0.15, 0.2) is 0 Å². The molecule has 164 valence electrons. The molecule has 0 saturated carbocycles. The second kappa shape index (κ2) is 10.4. The molecule has 0 aliphatic carbocycles. The summed E-state index contributed by atoms with van der Waals surface area (Å²) < 4.78 is 27.5.